The molecular formula is C9H15NO7S. The largest absolute Gasteiger partial charge is 0.480 e. The van der Waals surface area contributed by atoms with Crippen LogP contribution in [0.4, 0.5) is 0 Å². The molecule has 9 heteroatoms. The highest BCUT2D eigenvalue weighted by molar-refractivity contribution is 7.89. The van der Waals surface area contributed by atoms with E-state index in [1.165, 1.54) is 0 Å². The molecule has 0 aromatic rings. The highest BCUT2D eigenvalue weighted by atomic mass is 32.2. The molecule has 0 amide bonds. The van der Waals surface area contributed by atoms with Gasteiger partial charge in [0.25, 0.3) is 0 Å². The first-order valence-electron chi connectivity index (χ1n) is 5.34. The van der Waals surface area contributed by atoms with Gasteiger partial charge in [0.15, 0.2) is 5.75 Å². The minimum absolute atomic E-state index is 0.0693. The van der Waals surface area contributed by atoms with Gasteiger partial charge in [-0.2, -0.15) is 4.31 Å². The Kier molecular flexibility index (Phi) is 5.05. The molecular weight excluding hydrogens is 266 g/mol. The maximum Gasteiger partial charge on any atom is 0.324 e. The number of morpholine rings is 1. The van der Waals surface area contributed by atoms with E-state index in [1.807, 2.05) is 0 Å². The number of carbonyl (C=O) groups is 2. The Morgan fingerprint density at radius 2 is 2.17 bits per heavy atom. The summed E-state index contributed by atoms with van der Waals surface area (Å²) in [6, 6.07) is -1.29. The fraction of sp³-hybridized carbons (Fsp3) is 0.778. The maximum absolute atomic E-state index is 11.9. The van der Waals surface area contributed by atoms with Crippen LogP contribution in [0.3, 0.4) is 0 Å². The minimum Gasteiger partial charge on any atom is -0.480 e. The molecule has 1 N–H and O–H groups in total. The molecule has 0 aromatic heterocycles. The molecule has 0 spiro atoms. The third-order valence-corrected chi connectivity index (χ3v) is 4.08. The second kappa shape index (κ2) is 6.12. The minimum atomic E-state index is -4.00. The summed E-state index contributed by atoms with van der Waals surface area (Å²) in [5.74, 6) is -3.06. The molecule has 104 valence electrons. The lowest BCUT2D eigenvalue weighted by molar-refractivity contribution is -0.146. The molecule has 1 fully saturated rings. The van der Waals surface area contributed by atoms with Crippen molar-refractivity contribution >= 4 is 22.0 Å². The van der Waals surface area contributed by atoms with Crippen LogP contribution in [0.5, 0.6) is 0 Å². The molecule has 1 heterocycles. The van der Waals surface area contributed by atoms with Gasteiger partial charge in [0, 0.05) is 6.54 Å². The SMILES string of the molecule is CCOC(=O)CS(=O)(=O)N1CCOCC1C(=O)O. The summed E-state index contributed by atoms with van der Waals surface area (Å²) in [7, 11) is -4.00. The zero-order chi connectivity index (χ0) is 13.8. The van der Waals surface area contributed by atoms with Crippen molar-refractivity contribution in [2.24, 2.45) is 0 Å². The normalized spacial score (nSPS) is 21.5. The van der Waals surface area contributed by atoms with Crippen LogP contribution in [0.15, 0.2) is 0 Å². The molecule has 0 aromatic carbocycles. The second-order valence-corrected chi connectivity index (χ2v) is 5.52. The number of hydrogen-bond donors (Lipinski definition) is 1. The number of aliphatic carboxylic acids is 1. The lowest BCUT2D eigenvalue weighted by Gasteiger charge is -2.31. The van der Waals surface area contributed by atoms with Crippen molar-refractivity contribution in [3.05, 3.63) is 0 Å². The number of hydrogen-bond acceptors (Lipinski definition) is 6. The summed E-state index contributed by atoms with van der Waals surface area (Å²) in [5.41, 5.74) is 0. The number of esters is 1. The van der Waals surface area contributed by atoms with E-state index in [-0.39, 0.29) is 26.4 Å². The summed E-state index contributed by atoms with van der Waals surface area (Å²) < 4.78 is 34.0. The van der Waals surface area contributed by atoms with Gasteiger partial charge in [-0.3, -0.25) is 9.59 Å². The van der Waals surface area contributed by atoms with Gasteiger partial charge in [-0.15, -0.1) is 0 Å². The lowest BCUT2D eigenvalue weighted by Crippen LogP contribution is -2.53. The Labute approximate surface area is 105 Å². The maximum atomic E-state index is 11.9. The second-order valence-electron chi connectivity index (χ2n) is 3.60. The number of rotatable bonds is 5. The highest BCUT2D eigenvalue weighted by Gasteiger charge is 2.38. The molecule has 1 atom stereocenters. The summed E-state index contributed by atoms with van der Waals surface area (Å²) in [4.78, 5) is 22.1. The number of carboxylic acid groups (broad SMARTS) is 1. The van der Waals surface area contributed by atoms with E-state index >= 15 is 0 Å². The van der Waals surface area contributed by atoms with Crippen molar-refractivity contribution in [3.8, 4) is 0 Å². The Morgan fingerprint density at radius 1 is 1.50 bits per heavy atom. The van der Waals surface area contributed by atoms with Crippen LogP contribution in [-0.2, 0) is 29.1 Å². The van der Waals surface area contributed by atoms with Crippen LogP contribution in [0.1, 0.15) is 6.92 Å². The first kappa shape index (κ1) is 14.9. The Hall–Kier alpha value is -1.19. The molecule has 0 aliphatic carbocycles. The van der Waals surface area contributed by atoms with Crippen LogP contribution in [0.25, 0.3) is 0 Å². The molecule has 0 bridgehead atoms. The lowest BCUT2D eigenvalue weighted by atomic mass is 10.3. The van der Waals surface area contributed by atoms with Crippen LogP contribution in [0, 0.1) is 0 Å². The third-order valence-electron chi connectivity index (χ3n) is 2.33. The Morgan fingerprint density at radius 3 is 2.72 bits per heavy atom. The van der Waals surface area contributed by atoms with Gasteiger partial charge in [0.05, 0.1) is 19.8 Å². The predicted octanol–water partition coefficient (Wildman–Crippen LogP) is -1.34. The van der Waals surface area contributed by atoms with Crippen LogP contribution in [0.2, 0.25) is 0 Å². The monoisotopic (exact) mass is 281 g/mol. The molecule has 0 saturated carbocycles. The highest BCUT2D eigenvalue weighted by Crippen LogP contribution is 2.13. The van der Waals surface area contributed by atoms with E-state index in [9.17, 15) is 18.0 Å². The van der Waals surface area contributed by atoms with E-state index < -0.39 is 33.8 Å². The van der Waals surface area contributed by atoms with Crippen molar-refractivity contribution in [1.82, 2.24) is 4.31 Å². The first-order chi connectivity index (χ1) is 8.38. The van der Waals surface area contributed by atoms with Crippen LogP contribution < -0.4 is 0 Å². The molecule has 0 radical (unpaired) electrons. The van der Waals surface area contributed by atoms with Crippen LogP contribution >= 0.6 is 0 Å². The Balaban J connectivity index is 2.81. The number of carbonyl (C=O) groups excluding carboxylic acids is 1. The average Bonchev–Trinajstić information content (AvgIpc) is 2.28. The smallest absolute Gasteiger partial charge is 0.324 e. The zero-order valence-electron chi connectivity index (χ0n) is 9.87. The number of nitrogens with zero attached hydrogens (tertiary/aromatic N) is 1. The molecule has 1 aliphatic rings. The standard InChI is InChI=1S/C9H15NO7S/c1-2-17-8(11)6-18(14,15)10-3-4-16-5-7(10)9(12)13/h7H,2-6H2,1H3,(H,12,13). The van der Waals surface area contributed by atoms with E-state index in [0.29, 0.717) is 0 Å². The first-order valence-corrected chi connectivity index (χ1v) is 6.95. The van der Waals surface area contributed by atoms with Crippen LogP contribution in [-0.4, -0.2) is 67.9 Å². The third kappa shape index (κ3) is 3.65. The molecule has 1 rings (SSSR count). The van der Waals surface area contributed by atoms with Gasteiger partial charge in [-0.25, -0.2) is 8.42 Å². The van der Waals surface area contributed by atoms with E-state index in [0.717, 1.165) is 4.31 Å². The zero-order valence-corrected chi connectivity index (χ0v) is 10.7. The Bertz CT molecular complexity index is 419. The molecule has 18 heavy (non-hydrogen) atoms. The fourth-order valence-electron chi connectivity index (χ4n) is 1.55. The number of sulfonamides is 1. The van der Waals surface area contributed by atoms with E-state index in [2.05, 4.69) is 4.74 Å². The number of carboxylic acids is 1. The van der Waals surface area contributed by atoms with E-state index in [1.54, 1.807) is 6.92 Å². The molecule has 1 aliphatic heterocycles. The van der Waals surface area contributed by atoms with Crippen molar-refractivity contribution < 1.29 is 32.6 Å². The van der Waals surface area contributed by atoms with Crippen molar-refractivity contribution in [3.63, 3.8) is 0 Å². The van der Waals surface area contributed by atoms with Crippen molar-refractivity contribution in [2.45, 2.75) is 13.0 Å². The summed E-state index contributed by atoms with van der Waals surface area (Å²) in [5, 5.41) is 8.91. The number of ether oxygens (including phenoxy) is 2. The molecule has 8 nitrogen and oxygen atoms in total. The van der Waals surface area contributed by atoms with E-state index in [4.69, 9.17) is 9.84 Å². The van der Waals surface area contributed by atoms with Gasteiger partial charge in [-0.05, 0) is 6.92 Å². The summed E-state index contributed by atoms with van der Waals surface area (Å²) in [6.45, 7) is 1.42. The predicted molar refractivity (Wildman–Crippen MR) is 59.4 cm³/mol. The van der Waals surface area contributed by atoms with Crippen molar-refractivity contribution in [1.29, 1.82) is 0 Å². The average molecular weight is 281 g/mol. The van der Waals surface area contributed by atoms with Gasteiger partial charge in [0.2, 0.25) is 10.0 Å². The van der Waals surface area contributed by atoms with Crippen molar-refractivity contribution in [2.75, 3.05) is 32.1 Å². The fourth-order valence-corrected chi connectivity index (χ4v) is 2.99. The van der Waals surface area contributed by atoms with Gasteiger partial charge in [0.1, 0.15) is 6.04 Å². The van der Waals surface area contributed by atoms with Gasteiger partial charge < -0.3 is 14.6 Å². The van der Waals surface area contributed by atoms with Gasteiger partial charge in [-0.1, -0.05) is 0 Å². The molecule has 1 unspecified atom stereocenters. The topological polar surface area (TPSA) is 110 Å². The van der Waals surface area contributed by atoms with Gasteiger partial charge >= 0.3 is 11.9 Å². The summed E-state index contributed by atoms with van der Waals surface area (Å²) >= 11 is 0. The molecule has 1 saturated heterocycles. The summed E-state index contributed by atoms with van der Waals surface area (Å²) in [6.07, 6.45) is 0. The quantitative estimate of drug-likeness (QED) is 0.621.